The van der Waals surface area contributed by atoms with E-state index in [-0.39, 0.29) is 0 Å². The molecule has 0 aromatic heterocycles. The first-order chi connectivity index (χ1) is 9.22. The molecule has 1 aromatic rings. The molecule has 0 aliphatic carbocycles. The number of carboxylic acids is 1. The Kier molecular flexibility index (Phi) is 4.90. The molecule has 1 saturated heterocycles. The molecule has 0 amide bonds. The number of rotatable bonds is 5. The zero-order valence-corrected chi connectivity index (χ0v) is 11.0. The van der Waals surface area contributed by atoms with Gasteiger partial charge in [0, 0.05) is 20.2 Å². The molecule has 1 fully saturated rings. The molecule has 1 heterocycles. The van der Waals surface area contributed by atoms with Gasteiger partial charge in [-0.1, -0.05) is 24.3 Å². The third-order valence-corrected chi connectivity index (χ3v) is 3.22. The minimum absolute atomic E-state index is 0.489. The van der Waals surface area contributed by atoms with Gasteiger partial charge >= 0.3 is 5.97 Å². The lowest BCUT2D eigenvalue weighted by atomic mass is 10.0. The van der Waals surface area contributed by atoms with Gasteiger partial charge in [0.1, 0.15) is 6.04 Å². The van der Waals surface area contributed by atoms with Crippen molar-refractivity contribution in [3.05, 3.63) is 35.4 Å². The van der Waals surface area contributed by atoms with Crippen LogP contribution in [0, 0.1) is 0 Å². The Hall–Kier alpha value is -1.43. The molecule has 19 heavy (non-hydrogen) atoms. The molecule has 1 N–H and O–H groups in total. The number of methoxy groups -OCH3 is 1. The molecule has 0 spiro atoms. The highest BCUT2D eigenvalue weighted by Crippen LogP contribution is 2.23. The van der Waals surface area contributed by atoms with Crippen molar-refractivity contribution in [2.75, 3.05) is 33.4 Å². The van der Waals surface area contributed by atoms with Gasteiger partial charge in [-0.3, -0.25) is 9.69 Å². The molecule has 2 rings (SSSR count). The van der Waals surface area contributed by atoms with Crippen LogP contribution in [-0.4, -0.2) is 49.4 Å². The largest absolute Gasteiger partial charge is 0.480 e. The molecule has 0 saturated carbocycles. The van der Waals surface area contributed by atoms with Gasteiger partial charge in [0.25, 0.3) is 0 Å². The van der Waals surface area contributed by atoms with Gasteiger partial charge in [-0.2, -0.15) is 0 Å². The molecule has 1 atom stereocenters. The van der Waals surface area contributed by atoms with E-state index in [1.165, 1.54) is 0 Å². The van der Waals surface area contributed by atoms with E-state index in [0.717, 1.165) is 11.1 Å². The van der Waals surface area contributed by atoms with Crippen molar-refractivity contribution < 1.29 is 19.4 Å². The van der Waals surface area contributed by atoms with Crippen LogP contribution in [0.2, 0.25) is 0 Å². The number of carbonyl (C=O) groups is 1. The predicted molar refractivity (Wildman–Crippen MR) is 69.9 cm³/mol. The molecule has 1 aromatic carbocycles. The van der Waals surface area contributed by atoms with Crippen LogP contribution >= 0.6 is 0 Å². The molecule has 0 radical (unpaired) electrons. The van der Waals surface area contributed by atoms with Crippen molar-refractivity contribution in [3.63, 3.8) is 0 Å². The first kappa shape index (κ1) is 14.0. The molecule has 1 unspecified atom stereocenters. The highest BCUT2D eigenvalue weighted by molar-refractivity contribution is 5.75. The second-order valence-corrected chi connectivity index (χ2v) is 4.57. The van der Waals surface area contributed by atoms with Crippen LogP contribution < -0.4 is 0 Å². The predicted octanol–water partition coefficient (Wildman–Crippen LogP) is 1.29. The van der Waals surface area contributed by atoms with E-state index in [2.05, 4.69) is 0 Å². The van der Waals surface area contributed by atoms with E-state index in [0.29, 0.717) is 32.9 Å². The highest BCUT2D eigenvalue weighted by atomic mass is 16.5. The quantitative estimate of drug-likeness (QED) is 0.869. The summed E-state index contributed by atoms with van der Waals surface area (Å²) in [5, 5.41) is 9.49. The van der Waals surface area contributed by atoms with Gasteiger partial charge in [-0.05, 0) is 11.1 Å². The van der Waals surface area contributed by atoms with E-state index < -0.39 is 12.0 Å². The number of hydrogen-bond acceptors (Lipinski definition) is 4. The molecule has 5 heteroatoms. The molecular formula is C14H19NO4. The van der Waals surface area contributed by atoms with Crippen molar-refractivity contribution in [2.45, 2.75) is 12.6 Å². The van der Waals surface area contributed by atoms with Gasteiger partial charge in [0.2, 0.25) is 0 Å². The fourth-order valence-corrected chi connectivity index (χ4v) is 2.36. The number of morpholine rings is 1. The highest BCUT2D eigenvalue weighted by Gasteiger charge is 2.28. The Labute approximate surface area is 112 Å². The Balaban J connectivity index is 2.22. The maximum absolute atomic E-state index is 11.6. The number of nitrogens with zero attached hydrogens (tertiary/aromatic N) is 1. The van der Waals surface area contributed by atoms with Crippen molar-refractivity contribution in [2.24, 2.45) is 0 Å². The summed E-state index contributed by atoms with van der Waals surface area (Å²) < 4.78 is 10.4. The lowest BCUT2D eigenvalue weighted by Crippen LogP contribution is -2.42. The normalized spacial score (nSPS) is 18.2. The SMILES string of the molecule is COCc1cccc(C(C(=O)O)N2CCOCC2)c1. The van der Waals surface area contributed by atoms with E-state index in [1.54, 1.807) is 7.11 Å². The zero-order chi connectivity index (χ0) is 13.7. The Morgan fingerprint density at radius 3 is 2.84 bits per heavy atom. The van der Waals surface area contributed by atoms with Crippen LogP contribution in [0.3, 0.4) is 0 Å². The van der Waals surface area contributed by atoms with Crippen molar-refractivity contribution in [3.8, 4) is 0 Å². The first-order valence-electron chi connectivity index (χ1n) is 6.34. The summed E-state index contributed by atoms with van der Waals surface area (Å²) in [6.45, 7) is 2.95. The Bertz CT molecular complexity index is 429. The van der Waals surface area contributed by atoms with Crippen LogP contribution in [0.5, 0.6) is 0 Å². The van der Waals surface area contributed by atoms with Gasteiger partial charge < -0.3 is 14.6 Å². The molecule has 0 bridgehead atoms. The van der Waals surface area contributed by atoms with E-state index in [9.17, 15) is 9.90 Å². The molecule has 5 nitrogen and oxygen atoms in total. The van der Waals surface area contributed by atoms with Gasteiger partial charge in [-0.25, -0.2) is 0 Å². The third-order valence-electron chi connectivity index (χ3n) is 3.22. The second kappa shape index (κ2) is 6.65. The number of ether oxygens (including phenoxy) is 2. The Morgan fingerprint density at radius 2 is 2.21 bits per heavy atom. The number of benzene rings is 1. The topological polar surface area (TPSA) is 59.0 Å². The fourth-order valence-electron chi connectivity index (χ4n) is 2.36. The number of aliphatic carboxylic acids is 1. The maximum Gasteiger partial charge on any atom is 0.325 e. The van der Waals surface area contributed by atoms with Gasteiger partial charge in [0.15, 0.2) is 0 Å². The van der Waals surface area contributed by atoms with E-state index in [4.69, 9.17) is 9.47 Å². The average Bonchev–Trinajstić information content (AvgIpc) is 2.40. The third kappa shape index (κ3) is 3.53. The van der Waals surface area contributed by atoms with Crippen LogP contribution in [0.4, 0.5) is 0 Å². The van der Waals surface area contributed by atoms with Crippen LogP contribution in [0.1, 0.15) is 17.2 Å². The van der Waals surface area contributed by atoms with E-state index >= 15 is 0 Å². The molecular weight excluding hydrogens is 246 g/mol. The van der Waals surface area contributed by atoms with Gasteiger partial charge in [-0.15, -0.1) is 0 Å². The summed E-state index contributed by atoms with van der Waals surface area (Å²) in [6.07, 6.45) is 0. The summed E-state index contributed by atoms with van der Waals surface area (Å²) in [7, 11) is 1.63. The monoisotopic (exact) mass is 265 g/mol. The maximum atomic E-state index is 11.6. The summed E-state index contributed by atoms with van der Waals surface area (Å²) in [4.78, 5) is 13.5. The molecule has 104 valence electrons. The summed E-state index contributed by atoms with van der Waals surface area (Å²) in [6, 6.07) is 6.96. The fraction of sp³-hybridized carbons (Fsp3) is 0.500. The van der Waals surface area contributed by atoms with Crippen LogP contribution in [-0.2, 0) is 20.9 Å². The number of carboxylic acid groups (broad SMARTS) is 1. The van der Waals surface area contributed by atoms with Crippen molar-refractivity contribution in [1.29, 1.82) is 0 Å². The lowest BCUT2D eigenvalue weighted by Gasteiger charge is -2.32. The first-order valence-corrected chi connectivity index (χ1v) is 6.34. The van der Waals surface area contributed by atoms with Crippen LogP contribution in [0.15, 0.2) is 24.3 Å². The molecule has 1 aliphatic rings. The van der Waals surface area contributed by atoms with Crippen molar-refractivity contribution >= 4 is 5.97 Å². The minimum Gasteiger partial charge on any atom is -0.480 e. The molecule has 1 aliphatic heterocycles. The van der Waals surface area contributed by atoms with Gasteiger partial charge in [0.05, 0.1) is 19.8 Å². The van der Waals surface area contributed by atoms with Crippen molar-refractivity contribution in [1.82, 2.24) is 4.90 Å². The average molecular weight is 265 g/mol. The number of hydrogen-bond donors (Lipinski definition) is 1. The second-order valence-electron chi connectivity index (χ2n) is 4.57. The lowest BCUT2D eigenvalue weighted by molar-refractivity contribution is -0.145. The summed E-state index contributed by atoms with van der Waals surface area (Å²) >= 11 is 0. The standard InChI is InChI=1S/C14H19NO4/c1-18-10-11-3-2-4-12(9-11)13(14(16)17)15-5-7-19-8-6-15/h2-4,9,13H,5-8,10H2,1H3,(H,16,17). The van der Waals surface area contributed by atoms with Crippen LogP contribution in [0.25, 0.3) is 0 Å². The van der Waals surface area contributed by atoms with E-state index in [1.807, 2.05) is 29.2 Å². The zero-order valence-electron chi connectivity index (χ0n) is 11.0. The Morgan fingerprint density at radius 1 is 1.47 bits per heavy atom. The summed E-state index contributed by atoms with van der Waals surface area (Å²) in [5.41, 5.74) is 1.78. The smallest absolute Gasteiger partial charge is 0.325 e. The minimum atomic E-state index is -0.823. The summed E-state index contributed by atoms with van der Waals surface area (Å²) in [5.74, 6) is -0.823.